The molecule has 1 aromatic rings. The molecule has 1 fully saturated rings. The minimum atomic E-state index is -0.490. The van der Waals surface area contributed by atoms with Gasteiger partial charge in [-0.15, -0.1) is 0 Å². The number of cyclic esters (lactones) is 1. The standard InChI is InChI=1S/C23H30F2N2O3/c1-17(27-15-21(16-29-4)30-23(27)28)6-11-22(18(2)25)20-9-7-19(8-10-20)14-26(3)13-5-12-24/h6-11,21H,1,5,12-16H2,2-4H3/b11-6-,22-18-. The van der Waals surface area contributed by atoms with Crippen molar-refractivity contribution in [3.63, 3.8) is 0 Å². The molecule has 0 bridgehead atoms. The van der Waals surface area contributed by atoms with E-state index in [0.29, 0.717) is 43.9 Å². The van der Waals surface area contributed by atoms with E-state index in [9.17, 15) is 13.6 Å². The molecule has 30 heavy (non-hydrogen) atoms. The molecule has 7 heteroatoms. The lowest BCUT2D eigenvalue weighted by Gasteiger charge is -2.16. The topological polar surface area (TPSA) is 42.0 Å². The number of alkyl halides is 1. The molecule has 1 aliphatic heterocycles. The van der Waals surface area contributed by atoms with E-state index >= 15 is 0 Å². The highest BCUT2D eigenvalue weighted by molar-refractivity contribution is 5.77. The highest BCUT2D eigenvalue weighted by Gasteiger charge is 2.32. The fourth-order valence-corrected chi connectivity index (χ4v) is 3.22. The first-order valence-corrected chi connectivity index (χ1v) is 9.90. The van der Waals surface area contributed by atoms with Crippen LogP contribution in [0.25, 0.3) is 5.57 Å². The van der Waals surface area contributed by atoms with E-state index in [4.69, 9.17) is 9.47 Å². The van der Waals surface area contributed by atoms with Crippen molar-refractivity contribution in [1.29, 1.82) is 0 Å². The van der Waals surface area contributed by atoms with Crippen LogP contribution in [0.5, 0.6) is 0 Å². The lowest BCUT2D eigenvalue weighted by molar-refractivity contribution is 0.0716. The molecule has 0 aromatic heterocycles. The molecular formula is C23H30F2N2O3. The molecule has 2 rings (SSSR count). The second-order valence-corrected chi connectivity index (χ2v) is 7.32. The summed E-state index contributed by atoms with van der Waals surface area (Å²) in [7, 11) is 3.48. The summed E-state index contributed by atoms with van der Waals surface area (Å²) < 4.78 is 36.7. The Bertz CT molecular complexity index is 786. The van der Waals surface area contributed by atoms with Crippen molar-refractivity contribution in [1.82, 2.24) is 9.80 Å². The summed E-state index contributed by atoms with van der Waals surface area (Å²) in [5.74, 6) is -0.340. The maximum absolute atomic E-state index is 14.2. The van der Waals surface area contributed by atoms with Crippen LogP contribution in [0.1, 0.15) is 24.5 Å². The van der Waals surface area contributed by atoms with Crippen LogP contribution < -0.4 is 0 Å². The van der Waals surface area contributed by atoms with Crippen LogP contribution in [-0.2, 0) is 16.0 Å². The first-order chi connectivity index (χ1) is 14.3. The highest BCUT2D eigenvalue weighted by Crippen LogP contribution is 2.24. The van der Waals surface area contributed by atoms with Gasteiger partial charge in [0.2, 0.25) is 0 Å². The van der Waals surface area contributed by atoms with Crippen LogP contribution in [0.2, 0.25) is 0 Å². The van der Waals surface area contributed by atoms with Gasteiger partial charge in [-0.3, -0.25) is 9.29 Å². The van der Waals surface area contributed by atoms with Gasteiger partial charge in [-0.05, 0) is 43.7 Å². The first kappa shape index (κ1) is 23.8. The molecule has 1 unspecified atom stereocenters. The van der Waals surface area contributed by atoms with Crippen LogP contribution in [0, 0.1) is 0 Å². The van der Waals surface area contributed by atoms with Crippen molar-refractivity contribution in [3.8, 4) is 0 Å². The number of allylic oxidation sites excluding steroid dienone is 4. The number of benzene rings is 1. The van der Waals surface area contributed by atoms with E-state index in [2.05, 4.69) is 6.58 Å². The molecule has 164 valence electrons. The third-order valence-corrected chi connectivity index (χ3v) is 4.78. The number of hydrogen-bond acceptors (Lipinski definition) is 4. The average Bonchev–Trinajstić information content (AvgIpc) is 3.08. The number of nitrogens with zero attached hydrogens (tertiary/aromatic N) is 2. The van der Waals surface area contributed by atoms with Gasteiger partial charge in [0.05, 0.1) is 19.8 Å². The molecule has 0 N–H and O–H groups in total. The molecular weight excluding hydrogens is 390 g/mol. The van der Waals surface area contributed by atoms with Crippen molar-refractivity contribution in [2.45, 2.75) is 26.0 Å². The van der Waals surface area contributed by atoms with E-state index in [1.165, 1.54) is 11.8 Å². The van der Waals surface area contributed by atoms with Crippen molar-refractivity contribution in [2.75, 3.05) is 40.5 Å². The number of hydrogen-bond donors (Lipinski definition) is 0. The molecule has 0 spiro atoms. The summed E-state index contributed by atoms with van der Waals surface area (Å²) in [5, 5.41) is 0. The lowest BCUT2D eigenvalue weighted by Crippen LogP contribution is -2.24. The third kappa shape index (κ3) is 6.78. The third-order valence-electron chi connectivity index (χ3n) is 4.78. The second kappa shape index (κ2) is 11.6. The Hall–Kier alpha value is -2.51. The van der Waals surface area contributed by atoms with E-state index in [1.807, 2.05) is 36.2 Å². The number of ether oxygens (including phenoxy) is 2. The van der Waals surface area contributed by atoms with Gasteiger partial charge < -0.3 is 14.4 Å². The summed E-state index contributed by atoms with van der Waals surface area (Å²) in [6.07, 6.45) is 2.88. The number of halogens is 2. The number of rotatable bonds is 11. The van der Waals surface area contributed by atoms with Crippen molar-refractivity contribution in [3.05, 3.63) is 65.6 Å². The normalized spacial score (nSPS) is 17.6. The van der Waals surface area contributed by atoms with E-state index in [-0.39, 0.29) is 18.6 Å². The average molecular weight is 421 g/mol. The SMILES string of the molecule is C=C(/C=C\C(=C(/C)F)c1ccc(CN(C)CCCF)cc1)N1CC(COC)OC1=O. The quantitative estimate of drug-likeness (QED) is 0.486. The molecule has 0 aliphatic carbocycles. The predicted molar refractivity (Wildman–Crippen MR) is 114 cm³/mol. The smallest absolute Gasteiger partial charge is 0.414 e. The van der Waals surface area contributed by atoms with E-state index in [1.54, 1.807) is 19.3 Å². The van der Waals surface area contributed by atoms with Crippen LogP contribution in [0.3, 0.4) is 0 Å². The Kier molecular flexibility index (Phi) is 9.20. The summed E-state index contributed by atoms with van der Waals surface area (Å²) in [6, 6.07) is 7.56. The molecule has 5 nitrogen and oxygen atoms in total. The van der Waals surface area contributed by atoms with Crippen molar-refractivity contribution < 1.29 is 23.0 Å². The Balaban J connectivity index is 2.05. The van der Waals surface area contributed by atoms with Gasteiger partial charge in [-0.25, -0.2) is 9.18 Å². The molecule has 0 radical (unpaired) electrons. The Morgan fingerprint density at radius 2 is 2.07 bits per heavy atom. The summed E-state index contributed by atoms with van der Waals surface area (Å²) in [6.45, 7) is 6.99. The maximum atomic E-state index is 14.2. The van der Waals surface area contributed by atoms with Crippen LogP contribution in [0.15, 0.2) is 54.5 Å². The molecule has 0 saturated carbocycles. The molecule has 1 heterocycles. The zero-order valence-electron chi connectivity index (χ0n) is 17.9. The van der Waals surface area contributed by atoms with Gasteiger partial charge in [-0.2, -0.15) is 0 Å². The second-order valence-electron chi connectivity index (χ2n) is 7.32. The van der Waals surface area contributed by atoms with E-state index < -0.39 is 6.09 Å². The molecule has 1 saturated heterocycles. The van der Waals surface area contributed by atoms with Gasteiger partial charge in [0.1, 0.15) is 11.9 Å². The Morgan fingerprint density at radius 3 is 2.67 bits per heavy atom. The fourth-order valence-electron chi connectivity index (χ4n) is 3.22. The predicted octanol–water partition coefficient (Wildman–Crippen LogP) is 4.72. The first-order valence-electron chi connectivity index (χ1n) is 9.90. The number of amides is 1. The summed E-state index contributed by atoms with van der Waals surface area (Å²) in [4.78, 5) is 15.4. The van der Waals surface area contributed by atoms with Crippen LogP contribution in [0.4, 0.5) is 13.6 Å². The Morgan fingerprint density at radius 1 is 1.37 bits per heavy atom. The zero-order valence-corrected chi connectivity index (χ0v) is 17.9. The van der Waals surface area contributed by atoms with Crippen molar-refractivity contribution >= 4 is 11.7 Å². The number of carbonyl (C=O) groups is 1. The van der Waals surface area contributed by atoms with Gasteiger partial charge in [-0.1, -0.05) is 30.8 Å². The van der Waals surface area contributed by atoms with Gasteiger partial charge in [0.15, 0.2) is 0 Å². The summed E-state index contributed by atoms with van der Waals surface area (Å²) >= 11 is 0. The van der Waals surface area contributed by atoms with Crippen molar-refractivity contribution in [2.24, 2.45) is 0 Å². The zero-order chi connectivity index (χ0) is 22.1. The summed E-state index contributed by atoms with van der Waals surface area (Å²) in [5.41, 5.74) is 2.61. The van der Waals surface area contributed by atoms with Gasteiger partial charge in [0, 0.05) is 31.5 Å². The molecule has 1 aliphatic rings. The monoisotopic (exact) mass is 420 g/mol. The van der Waals surface area contributed by atoms with E-state index in [0.717, 1.165) is 11.1 Å². The minimum Gasteiger partial charge on any atom is -0.441 e. The Labute approximate surface area is 177 Å². The number of methoxy groups -OCH3 is 1. The van der Waals surface area contributed by atoms with Gasteiger partial charge in [0.25, 0.3) is 0 Å². The number of carbonyl (C=O) groups excluding carboxylic acids is 1. The maximum Gasteiger partial charge on any atom is 0.414 e. The molecule has 1 atom stereocenters. The highest BCUT2D eigenvalue weighted by atomic mass is 19.1. The van der Waals surface area contributed by atoms with Crippen LogP contribution >= 0.6 is 0 Å². The van der Waals surface area contributed by atoms with Gasteiger partial charge >= 0.3 is 6.09 Å². The largest absolute Gasteiger partial charge is 0.441 e. The fraction of sp³-hybridized carbons (Fsp3) is 0.435. The molecule has 1 amide bonds. The molecule has 1 aromatic carbocycles. The lowest BCUT2D eigenvalue weighted by atomic mass is 10.0. The van der Waals surface area contributed by atoms with Crippen LogP contribution in [-0.4, -0.2) is 62.5 Å². The minimum absolute atomic E-state index is 0.309.